The van der Waals surface area contributed by atoms with Gasteiger partial charge >= 0.3 is 39.5 Å². The lowest BCUT2D eigenvalue weighted by molar-refractivity contribution is -0.161. The molecular formula is C78H152O17P2. The number of aliphatic hydroxyl groups is 1. The summed E-state index contributed by atoms with van der Waals surface area (Å²) in [5, 5.41) is 10.6. The van der Waals surface area contributed by atoms with E-state index in [-0.39, 0.29) is 25.7 Å². The second kappa shape index (κ2) is 67.2. The lowest BCUT2D eigenvalue weighted by Crippen LogP contribution is -2.30. The van der Waals surface area contributed by atoms with Gasteiger partial charge in [-0.1, -0.05) is 344 Å². The van der Waals surface area contributed by atoms with Gasteiger partial charge < -0.3 is 33.8 Å². The molecule has 0 spiro atoms. The Morgan fingerprint density at radius 1 is 0.289 bits per heavy atom. The number of esters is 4. The Bertz CT molecular complexity index is 1900. The fraction of sp³-hybridized carbons (Fsp3) is 0.949. The van der Waals surface area contributed by atoms with Crippen LogP contribution in [0.25, 0.3) is 0 Å². The molecule has 0 bridgehead atoms. The third kappa shape index (κ3) is 70.9. The minimum absolute atomic E-state index is 0.101. The Kier molecular flexibility index (Phi) is 65.9. The van der Waals surface area contributed by atoms with E-state index in [1.54, 1.807) is 0 Å². The zero-order valence-corrected chi connectivity index (χ0v) is 65.5. The number of carbonyl (C=O) groups is 4. The molecule has 0 aromatic carbocycles. The van der Waals surface area contributed by atoms with Gasteiger partial charge in [0.25, 0.3) is 0 Å². The van der Waals surface area contributed by atoms with Crippen LogP contribution in [0.1, 0.15) is 396 Å². The Labute approximate surface area is 594 Å². The van der Waals surface area contributed by atoms with Crippen LogP contribution in [0.15, 0.2) is 0 Å². The smallest absolute Gasteiger partial charge is 0.462 e. The van der Waals surface area contributed by atoms with E-state index in [1.165, 1.54) is 193 Å². The summed E-state index contributed by atoms with van der Waals surface area (Å²) in [5.41, 5.74) is 0. The molecule has 0 amide bonds. The van der Waals surface area contributed by atoms with E-state index in [2.05, 4.69) is 55.4 Å². The summed E-state index contributed by atoms with van der Waals surface area (Å²) in [6, 6.07) is 0. The number of hydrogen-bond donors (Lipinski definition) is 3. The Balaban J connectivity index is 5.18. The molecule has 0 aliphatic rings. The van der Waals surface area contributed by atoms with E-state index in [9.17, 15) is 43.2 Å². The van der Waals surface area contributed by atoms with Crippen LogP contribution < -0.4 is 0 Å². The first-order chi connectivity index (χ1) is 46.6. The molecule has 3 unspecified atom stereocenters. The number of ether oxygens (including phenoxy) is 4. The lowest BCUT2D eigenvalue weighted by Gasteiger charge is -2.21. The molecule has 0 aliphatic heterocycles. The average Bonchev–Trinajstić information content (AvgIpc) is 1.27. The first-order valence-corrected chi connectivity index (χ1v) is 43.2. The van der Waals surface area contributed by atoms with Gasteiger partial charge in [-0.2, -0.15) is 0 Å². The third-order valence-corrected chi connectivity index (χ3v) is 20.3. The van der Waals surface area contributed by atoms with Crippen molar-refractivity contribution in [3.05, 3.63) is 0 Å². The summed E-state index contributed by atoms with van der Waals surface area (Å²) in [4.78, 5) is 72.8. The number of phosphoric ester groups is 2. The molecule has 0 aliphatic carbocycles. The molecule has 3 N–H and O–H groups in total. The molecule has 0 rings (SSSR count). The van der Waals surface area contributed by atoms with Gasteiger partial charge in [0.2, 0.25) is 0 Å². The minimum atomic E-state index is -4.96. The molecule has 0 heterocycles. The van der Waals surface area contributed by atoms with Crippen molar-refractivity contribution < 1.29 is 80.2 Å². The SMILES string of the molecule is CCC(C)CCCCCCCCC(=O)OC[C@H](COP(=O)(O)OC[C@H](O)COP(=O)(O)OC[C@@H](COC(=O)CCCCCCCCCCCCCCCCCCCCC(C)C)OC(=O)CCCCCCCCCCCCCCCCC(C)C)OC(=O)CCCCCCCCC(C)C. The van der Waals surface area contributed by atoms with Crippen molar-refractivity contribution in [3.8, 4) is 0 Å². The highest BCUT2D eigenvalue weighted by atomic mass is 31.2. The van der Waals surface area contributed by atoms with Crippen molar-refractivity contribution in [2.45, 2.75) is 414 Å². The van der Waals surface area contributed by atoms with Crippen LogP contribution in [0.5, 0.6) is 0 Å². The van der Waals surface area contributed by atoms with Gasteiger partial charge in [-0.3, -0.25) is 37.3 Å². The fourth-order valence-corrected chi connectivity index (χ4v) is 13.5. The quantitative estimate of drug-likeness (QED) is 0.0222. The van der Waals surface area contributed by atoms with Gasteiger partial charge in [-0.25, -0.2) is 9.13 Å². The first-order valence-electron chi connectivity index (χ1n) is 40.2. The summed E-state index contributed by atoms with van der Waals surface area (Å²) in [5.74, 6) is 0.894. The molecule has 0 fully saturated rings. The molecule has 0 radical (unpaired) electrons. The Morgan fingerprint density at radius 2 is 0.495 bits per heavy atom. The van der Waals surface area contributed by atoms with E-state index in [1.807, 2.05) is 0 Å². The van der Waals surface area contributed by atoms with Crippen LogP contribution in [0.3, 0.4) is 0 Å². The van der Waals surface area contributed by atoms with Gasteiger partial charge in [-0.05, 0) is 49.4 Å². The number of carbonyl (C=O) groups excluding carboxylic acids is 4. The monoisotopic (exact) mass is 1420 g/mol. The maximum Gasteiger partial charge on any atom is 0.472 e. The average molecular weight is 1420 g/mol. The number of hydrogen-bond acceptors (Lipinski definition) is 15. The van der Waals surface area contributed by atoms with Gasteiger partial charge in [0.15, 0.2) is 12.2 Å². The molecule has 0 aromatic rings. The van der Waals surface area contributed by atoms with Crippen LogP contribution in [0.2, 0.25) is 0 Å². The molecule has 97 heavy (non-hydrogen) atoms. The second-order valence-corrected chi connectivity index (χ2v) is 32.7. The number of aliphatic hydroxyl groups excluding tert-OH is 1. The van der Waals surface area contributed by atoms with Gasteiger partial charge in [0.05, 0.1) is 26.4 Å². The van der Waals surface area contributed by atoms with E-state index in [0.29, 0.717) is 31.6 Å². The van der Waals surface area contributed by atoms with E-state index < -0.39 is 97.5 Å². The molecule has 0 saturated heterocycles. The Morgan fingerprint density at radius 3 is 0.732 bits per heavy atom. The maximum absolute atomic E-state index is 13.1. The molecule has 576 valence electrons. The van der Waals surface area contributed by atoms with Crippen molar-refractivity contribution in [1.29, 1.82) is 0 Å². The lowest BCUT2D eigenvalue weighted by atomic mass is 10.00. The van der Waals surface area contributed by atoms with Gasteiger partial charge in [-0.15, -0.1) is 0 Å². The molecular weight excluding hydrogens is 1270 g/mol. The molecule has 0 saturated carbocycles. The van der Waals surface area contributed by atoms with Gasteiger partial charge in [0, 0.05) is 25.7 Å². The van der Waals surface area contributed by atoms with Crippen molar-refractivity contribution in [1.82, 2.24) is 0 Å². The summed E-state index contributed by atoms with van der Waals surface area (Å²) < 4.78 is 68.5. The van der Waals surface area contributed by atoms with E-state index in [4.69, 9.17) is 37.0 Å². The summed E-state index contributed by atoms with van der Waals surface area (Å²) in [6.45, 7) is 14.1. The van der Waals surface area contributed by atoms with Crippen molar-refractivity contribution in [2.75, 3.05) is 39.6 Å². The van der Waals surface area contributed by atoms with Crippen molar-refractivity contribution in [3.63, 3.8) is 0 Å². The second-order valence-electron chi connectivity index (χ2n) is 29.8. The fourth-order valence-electron chi connectivity index (χ4n) is 11.9. The van der Waals surface area contributed by atoms with Crippen LogP contribution >= 0.6 is 15.6 Å². The molecule has 17 nitrogen and oxygen atoms in total. The highest BCUT2D eigenvalue weighted by Crippen LogP contribution is 2.45. The minimum Gasteiger partial charge on any atom is -0.462 e. The number of rotatable bonds is 75. The maximum atomic E-state index is 13.1. The third-order valence-electron chi connectivity index (χ3n) is 18.4. The number of phosphoric acid groups is 2. The predicted molar refractivity (Wildman–Crippen MR) is 395 cm³/mol. The van der Waals surface area contributed by atoms with Crippen molar-refractivity contribution in [2.24, 2.45) is 23.7 Å². The van der Waals surface area contributed by atoms with E-state index >= 15 is 0 Å². The summed E-state index contributed by atoms with van der Waals surface area (Å²) in [7, 11) is -9.91. The zero-order chi connectivity index (χ0) is 71.7. The van der Waals surface area contributed by atoms with Gasteiger partial charge in [0.1, 0.15) is 19.3 Å². The highest BCUT2D eigenvalue weighted by molar-refractivity contribution is 7.47. The van der Waals surface area contributed by atoms with Crippen LogP contribution in [-0.4, -0.2) is 96.7 Å². The highest BCUT2D eigenvalue weighted by Gasteiger charge is 2.30. The standard InChI is InChI=1S/C78H152O17P2/c1-9-71(8)57-49-41-35-37-43-51-59-76(81)89-65-74(95-78(83)61-53-45-36-34-40-48-56-70(6)7)67-93-97(86,87)91-63-72(79)62-90-96(84,85)92-66-73(94-77(82)60-52-44-33-29-25-21-17-16-19-23-27-31-39-47-55-69(4)5)64-88-75(80)58-50-42-32-28-24-20-15-13-11-10-12-14-18-22-26-30-38-46-54-68(2)3/h68-74,79H,9-67H2,1-8H3,(H,84,85)(H,86,87)/t71?,72-,73-,74-/m1/s1. The van der Waals surface area contributed by atoms with Crippen LogP contribution in [-0.2, 0) is 65.4 Å². The summed E-state index contributed by atoms with van der Waals surface area (Å²) >= 11 is 0. The normalized spacial score (nSPS) is 14.4. The van der Waals surface area contributed by atoms with Crippen molar-refractivity contribution >= 4 is 39.5 Å². The van der Waals surface area contributed by atoms with Crippen LogP contribution in [0.4, 0.5) is 0 Å². The molecule has 19 heteroatoms. The molecule has 6 atom stereocenters. The largest absolute Gasteiger partial charge is 0.472 e. The molecule has 0 aromatic heterocycles. The van der Waals surface area contributed by atoms with E-state index in [0.717, 1.165) is 114 Å². The van der Waals surface area contributed by atoms with Crippen LogP contribution in [0, 0.1) is 23.7 Å². The first kappa shape index (κ1) is 95.1. The summed E-state index contributed by atoms with van der Waals surface area (Å²) in [6.07, 6.45) is 53.1. The Hall–Kier alpha value is -1.94. The number of unbranched alkanes of at least 4 members (excludes halogenated alkanes) is 40. The predicted octanol–water partition coefficient (Wildman–Crippen LogP) is 22.8. The topological polar surface area (TPSA) is 237 Å². The zero-order valence-electron chi connectivity index (χ0n) is 63.7.